The van der Waals surface area contributed by atoms with E-state index >= 15 is 0 Å². The average Bonchev–Trinajstić information content (AvgIpc) is 2.32. The Bertz CT molecular complexity index is 540. The number of nitrogens with zero attached hydrogens (tertiary/aromatic N) is 1. The van der Waals surface area contributed by atoms with Gasteiger partial charge in [0, 0.05) is 11.9 Å². The van der Waals surface area contributed by atoms with Crippen LogP contribution in [0.4, 0.5) is 15.9 Å². The first-order valence-electron chi connectivity index (χ1n) is 4.94. The van der Waals surface area contributed by atoms with Crippen molar-refractivity contribution in [2.75, 3.05) is 5.32 Å². The van der Waals surface area contributed by atoms with E-state index in [1.807, 2.05) is 0 Å². The van der Waals surface area contributed by atoms with Crippen molar-refractivity contribution in [1.82, 2.24) is 4.98 Å². The second kappa shape index (κ2) is 4.61. The van der Waals surface area contributed by atoms with Crippen molar-refractivity contribution in [3.8, 4) is 0 Å². The molecule has 0 spiro atoms. The van der Waals surface area contributed by atoms with E-state index in [1.54, 1.807) is 24.3 Å². The predicted octanol–water partition coefficient (Wildman–Crippen LogP) is 2.06. The molecule has 1 heterocycles. The molecule has 0 aliphatic rings. The number of benzene rings is 1. The van der Waals surface area contributed by atoms with Crippen molar-refractivity contribution in [3.05, 3.63) is 54.0 Å². The monoisotopic (exact) mass is 231 g/mol. The minimum atomic E-state index is -0.567. The Morgan fingerprint density at radius 3 is 2.59 bits per heavy atom. The Labute approximate surface area is 97.3 Å². The summed E-state index contributed by atoms with van der Waals surface area (Å²) in [5.41, 5.74) is 6.13. The molecule has 0 aliphatic carbocycles. The van der Waals surface area contributed by atoms with E-state index < -0.39 is 5.91 Å². The number of anilines is 2. The Hall–Kier alpha value is -2.43. The van der Waals surface area contributed by atoms with E-state index in [0.29, 0.717) is 11.5 Å². The lowest BCUT2D eigenvalue weighted by Crippen LogP contribution is -2.14. The highest BCUT2D eigenvalue weighted by Gasteiger charge is 2.08. The van der Waals surface area contributed by atoms with E-state index in [9.17, 15) is 9.18 Å². The molecule has 1 aromatic carbocycles. The largest absolute Gasteiger partial charge is 0.365 e. The van der Waals surface area contributed by atoms with Gasteiger partial charge in [-0.1, -0.05) is 0 Å². The van der Waals surface area contributed by atoms with E-state index in [2.05, 4.69) is 10.3 Å². The number of carbonyl (C=O) groups excluding carboxylic acids is 1. The molecular weight excluding hydrogens is 221 g/mol. The Balaban J connectivity index is 2.30. The highest BCUT2D eigenvalue weighted by atomic mass is 19.1. The molecule has 0 unspecified atom stereocenters. The van der Waals surface area contributed by atoms with E-state index in [1.165, 1.54) is 18.3 Å². The lowest BCUT2D eigenvalue weighted by molar-refractivity contribution is 0.100. The summed E-state index contributed by atoms with van der Waals surface area (Å²) in [5.74, 6) is -0.541. The van der Waals surface area contributed by atoms with Gasteiger partial charge in [-0.15, -0.1) is 0 Å². The fourth-order valence-electron chi connectivity index (χ4n) is 1.37. The molecule has 0 fully saturated rings. The number of hydrogen-bond acceptors (Lipinski definition) is 3. The highest BCUT2D eigenvalue weighted by Crippen LogP contribution is 2.18. The molecule has 0 saturated carbocycles. The maximum absolute atomic E-state index is 12.7. The van der Waals surface area contributed by atoms with Crippen LogP contribution in [0, 0.1) is 5.82 Å². The van der Waals surface area contributed by atoms with Crippen molar-refractivity contribution in [2.24, 2.45) is 5.73 Å². The van der Waals surface area contributed by atoms with Crippen molar-refractivity contribution >= 4 is 17.4 Å². The van der Waals surface area contributed by atoms with Crippen molar-refractivity contribution in [1.29, 1.82) is 0 Å². The van der Waals surface area contributed by atoms with Crippen LogP contribution in [-0.4, -0.2) is 10.9 Å². The van der Waals surface area contributed by atoms with Crippen molar-refractivity contribution in [2.45, 2.75) is 0 Å². The molecule has 0 aliphatic heterocycles. The van der Waals surface area contributed by atoms with Gasteiger partial charge in [-0.2, -0.15) is 0 Å². The number of carbonyl (C=O) groups is 1. The summed E-state index contributed by atoms with van der Waals surface area (Å²) in [4.78, 5) is 15.2. The lowest BCUT2D eigenvalue weighted by Gasteiger charge is -2.08. The summed E-state index contributed by atoms with van der Waals surface area (Å²) in [6, 6.07) is 8.92. The number of pyridine rings is 1. The number of nitrogens with one attached hydrogen (secondary N) is 1. The van der Waals surface area contributed by atoms with Gasteiger partial charge in [0.2, 0.25) is 0 Å². The van der Waals surface area contributed by atoms with Crippen LogP contribution in [0.25, 0.3) is 0 Å². The molecule has 5 heteroatoms. The minimum absolute atomic E-state index is 0.289. The molecule has 17 heavy (non-hydrogen) atoms. The first kappa shape index (κ1) is 11.1. The molecule has 2 rings (SSSR count). The number of nitrogens with two attached hydrogens (primary N) is 1. The van der Waals surface area contributed by atoms with Crippen LogP contribution < -0.4 is 11.1 Å². The van der Waals surface area contributed by atoms with Crippen molar-refractivity contribution < 1.29 is 9.18 Å². The third-order valence-corrected chi connectivity index (χ3v) is 2.18. The number of primary amides is 1. The van der Waals surface area contributed by atoms with Gasteiger partial charge in [0.15, 0.2) is 0 Å². The average molecular weight is 231 g/mol. The first-order valence-corrected chi connectivity index (χ1v) is 4.94. The number of halogens is 1. The molecular formula is C12H10FN3O. The summed E-state index contributed by atoms with van der Waals surface area (Å²) in [5, 5.41) is 2.90. The molecule has 0 saturated heterocycles. The summed E-state index contributed by atoms with van der Waals surface area (Å²) < 4.78 is 12.7. The molecule has 2 aromatic rings. The molecule has 1 aromatic heterocycles. The predicted molar refractivity (Wildman–Crippen MR) is 62.4 cm³/mol. The zero-order chi connectivity index (χ0) is 12.3. The van der Waals surface area contributed by atoms with Gasteiger partial charge in [-0.3, -0.25) is 4.79 Å². The first-order chi connectivity index (χ1) is 8.16. The maximum atomic E-state index is 12.7. The summed E-state index contributed by atoms with van der Waals surface area (Å²) in [6.45, 7) is 0. The lowest BCUT2D eigenvalue weighted by atomic mass is 10.2. The molecule has 1 amide bonds. The molecule has 4 nitrogen and oxygen atoms in total. The Morgan fingerprint density at radius 2 is 1.94 bits per heavy atom. The van der Waals surface area contributed by atoms with E-state index in [-0.39, 0.29) is 11.4 Å². The maximum Gasteiger partial charge on any atom is 0.252 e. The highest BCUT2D eigenvalue weighted by molar-refractivity contribution is 5.98. The van der Waals surface area contributed by atoms with Gasteiger partial charge >= 0.3 is 0 Å². The normalized spacial score (nSPS) is 9.94. The molecule has 3 N–H and O–H groups in total. The molecule has 0 radical (unpaired) electrons. The summed E-state index contributed by atoms with van der Waals surface area (Å²) in [7, 11) is 0. The minimum Gasteiger partial charge on any atom is -0.365 e. The fraction of sp³-hybridized carbons (Fsp3) is 0. The van der Waals surface area contributed by atoms with Crippen LogP contribution >= 0.6 is 0 Å². The van der Waals surface area contributed by atoms with Crippen LogP contribution in [0.2, 0.25) is 0 Å². The van der Waals surface area contributed by atoms with Crippen LogP contribution in [0.1, 0.15) is 10.4 Å². The van der Waals surface area contributed by atoms with Gasteiger partial charge in [0.25, 0.3) is 5.91 Å². The third kappa shape index (κ3) is 2.57. The van der Waals surface area contributed by atoms with Crippen LogP contribution in [0.5, 0.6) is 0 Å². The van der Waals surface area contributed by atoms with Crippen molar-refractivity contribution in [3.63, 3.8) is 0 Å². The van der Waals surface area contributed by atoms with Gasteiger partial charge in [0.05, 0.1) is 5.56 Å². The fourth-order valence-corrected chi connectivity index (χ4v) is 1.37. The number of rotatable bonds is 3. The molecule has 0 bridgehead atoms. The number of amides is 1. The zero-order valence-electron chi connectivity index (χ0n) is 8.85. The van der Waals surface area contributed by atoms with Crippen LogP contribution in [0.15, 0.2) is 42.6 Å². The molecule has 86 valence electrons. The summed E-state index contributed by atoms with van der Waals surface area (Å²) in [6.07, 6.45) is 1.54. The molecule has 0 atom stereocenters. The Morgan fingerprint density at radius 1 is 1.24 bits per heavy atom. The third-order valence-electron chi connectivity index (χ3n) is 2.18. The van der Waals surface area contributed by atoms with Crippen LogP contribution in [0.3, 0.4) is 0 Å². The van der Waals surface area contributed by atoms with Gasteiger partial charge < -0.3 is 11.1 Å². The SMILES string of the molecule is NC(=O)c1cccnc1Nc1ccc(F)cc1. The second-order valence-electron chi connectivity index (χ2n) is 3.40. The van der Waals surface area contributed by atoms with Gasteiger partial charge in [-0.25, -0.2) is 9.37 Å². The standard InChI is InChI=1S/C12H10FN3O/c13-8-3-5-9(6-4-8)16-12-10(11(14)17)2-1-7-15-12/h1-7H,(H2,14,17)(H,15,16). The second-order valence-corrected chi connectivity index (χ2v) is 3.40. The Kier molecular flexibility index (Phi) is 3.00. The van der Waals surface area contributed by atoms with E-state index in [4.69, 9.17) is 5.73 Å². The number of hydrogen-bond donors (Lipinski definition) is 2. The van der Waals surface area contributed by atoms with Gasteiger partial charge in [0.1, 0.15) is 11.6 Å². The smallest absolute Gasteiger partial charge is 0.252 e. The summed E-state index contributed by atoms with van der Waals surface area (Å²) >= 11 is 0. The zero-order valence-corrected chi connectivity index (χ0v) is 8.85. The number of aromatic nitrogens is 1. The van der Waals surface area contributed by atoms with Gasteiger partial charge in [-0.05, 0) is 36.4 Å². The quantitative estimate of drug-likeness (QED) is 0.849. The topological polar surface area (TPSA) is 68.0 Å². The van der Waals surface area contributed by atoms with E-state index in [0.717, 1.165) is 0 Å². The van der Waals surface area contributed by atoms with Crippen LogP contribution in [-0.2, 0) is 0 Å².